The number of carbonyl (C=O) groups excluding carboxylic acids is 1. The fourth-order valence-corrected chi connectivity index (χ4v) is 2.02. The molecular weight excluding hydrogens is 252 g/mol. The largest absolute Gasteiger partial charge is 0.461 e. The first kappa shape index (κ1) is 14.9. The van der Waals surface area contributed by atoms with Gasteiger partial charge in [0.15, 0.2) is 10.8 Å². The molecule has 0 aliphatic rings. The molecule has 1 heterocycles. The van der Waals surface area contributed by atoms with Gasteiger partial charge in [-0.2, -0.15) is 0 Å². The average Bonchev–Trinajstić information content (AvgIpc) is 2.69. The van der Waals surface area contributed by atoms with E-state index in [9.17, 15) is 4.79 Å². The molecule has 6 heteroatoms. The lowest BCUT2D eigenvalue weighted by Crippen LogP contribution is -2.32. The minimum Gasteiger partial charge on any atom is -0.461 e. The molecule has 102 valence electrons. The van der Waals surface area contributed by atoms with Crippen LogP contribution < -0.4 is 5.32 Å². The summed E-state index contributed by atoms with van der Waals surface area (Å²) in [6.07, 6.45) is 0. The molecule has 0 fully saturated rings. The molecule has 0 spiro atoms. The molecule has 0 aliphatic heterocycles. The molecule has 18 heavy (non-hydrogen) atoms. The zero-order valence-corrected chi connectivity index (χ0v) is 12.3. The van der Waals surface area contributed by atoms with Gasteiger partial charge in [0.25, 0.3) is 0 Å². The summed E-state index contributed by atoms with van der Waals surface area (Å²) in [5, 5.41) is 3.88. The van der Waals surface area contributed by atoms with E-state index >= 15 is 0 Å². The first-order chi connectivity index (χ1) is 8.39. The topological polar surface area (TPSA) is 60.5 Å². The van der Waals surface area contributed by atoms with E-state index in [0.29, 0.717) is 24.0 Å². The summed E-state index contributed by atoms with van der Waals surface area (Å²) in [6, 6.07) is 0. The van der Waals surface area contributed by atoms with Gasteiger partial charge in [0.05, 0.1) is 12.2 Å². The molecule has 0 aliphatic carbocycles. The van der Waals surface area contributed by atoms with Crippen LogP contribution in [0.4, 0.5) is 5.13 Å². The number of anilines is 1. The second-order valence-corrected chi connectivity index (χ2v) is 5.66. The van der Waals surface area contributed by atoms with Crippen molar-refractivity contribution in [1.29, 1.82) is 0 Å². The fraction of sp³-hybridized carbons (Fsp3) is 0.667. The Morgan fingerprint density at radius 3 is 2.72 bits per heavy atom. The number of thiazole rings is 1. The summed E-state index contributed by atoms with van der Waals surface area (Å²) >= 11 is 1.44. The summed E-state index contributed by atoms with van der Waals surface area (Å²) in [7, 11) is 1.67. The van der Waals surface area contributed by atoms with Crippen molar-refractivity contribution in [1.82, 2.24) is 4.98 Å². The summed E-state index contributed by atoms with van der Waals surface area (Å²) in [5.74, 6) is -0.370. The number of methoxy groups -OCH3 is 1. The summed E-state index contributed by atoms with van der Waals surface area (Å²) in [5.41, 5.74) is 0.114. The van der Waals surface area contributed by atoms with Gasteiger partial charge in [-0.25, -0.2) is 9.78 Å². The van der Waals surface area contributed by atoms with Gasteiger partial charge in [0.1, 0.15) is 0 Å². The van der Waals surface area contributed by atoms with Crippen molar-refractivity contribution in [3.8, 4) is 0 Å². The maximum absolute atomic E-state index is 11.6. The van der Waals surface area contributed by atoms with Crippen LogP contribution in [-0.4, -0.2) is 36.8 Å². The van der Waals surface area contributed by atoms with Crippen molar-refractivity contribution in [2.24, 2.45) is 0 Å². The van der Waals surface area contributed by atoms with Crippen LogP contribution in [0.25, 0.3) is 0 Å². The Balaban J connectivity index is 2.70. The first-order valence-electron chi connectivity index (χ1n) is 5.83. The third-order valence-corrected chi connectivity index (χ3v) is 3.41. The smallest absolute Gasteiger partial charge is 0.358 e. The minimum absolute atomic E-state index is 0.274. The number of aryl methyl sites for hydroxylation is 1. The van der Waals surface area contributed by atoms with Crippen LogP contribution in [0.2, 0.25) is 0 Å². The lowest BCUT2D eigenvalue weighted by atomic mass is 10.1. The normalized spacial score (nSPS) is 11.4. The number of nitrogens with one attached hydrogen (secondary N) is 1. The van der Waals surface area contributed by atoms with Gasteiger partial charge < -0.3 is 14.8 Å². The van der Waals surface area contributed by atoms with E-state index in [-0.39, 0.29) is 11.6 Å². The molecule has 0 radical (unpaired) electrons. The van der Waals surface area contributed by atoms with Gasteiger partial charge in [-0.15, -0.1) is 11.3 Å². The minimum atomic E-state index is -0.370. The molecule has 0 aromatic carbocycles. The summed E-state index contributed by atoms with van der Waals surface area (Å²) < 4.78 is 10.2. The predicted octanol–water partition coefficient (Wildman–Crippen LogP) is 2.47. The van der Waals surface area contributed by atoms with Crippen LogP contribution >= 0.6 is 11.3 Å². The number of nitrogens with zero attached hydrogens (tertiary/aromatic N) is 1. The second-order valence-electron chi connectivity index (χ2n) is 4.46. The van der Waals surface area contributed by atoms with Crippen LogP contribution in [0.15, 0.2) is 0 Å². The first-order valence-corrected chi connectivity index (χ1v) is 6.65. The molecule has 1 aromatic rings. The van der Waals surface area contributed by atoms with Gasteiger partial charge >= 0.3 is 5.97 Å². The van der Waals surface area contributed by atoms with Crippen LogP contribution in [0.1, 0.15) is 36.1 Å². The molecule has 1 N–H and O–H groups in total. The third-order valence-electron chi connectivity index (χ3n) is 2.48. The highest BCUT2D eigenvalue weighted by molar-refractivity contribution is 7.15. The molecule has 0 saturated heterocycles. The maximum atomic E-state index is 11.6. The molecular formula is C12H20N2O3S. The van der Waals surface area contributed by atoms with Gasteiger partial charge in [-0.3, -0.25) is 0 Å². The highest BCUT2D eigenvalue weighted by Gasteiger charge is 2.19. The van der Waals surface area contributed by atoms with E-state index in [0.717, 1.165) is 4.88 Å². The Morgan fingerprint density at radius 2 is 2.17 bits per heavy atom. The Kier molecular flexibility index (Phi) is 5.10. The summed E-state index contributed by atoms with van der Waals surface area (Å²) in [6.45, 7) is 8.57. The van der Waals surface area contributed by atoms with Crippen LogP contribution in [0.3, 0.4) is 0 Å². The van der Waals surface area contributed by atoms with E-state index in [2.05, 4.69) is 10.3 Å². The van der Waals surface area contributed by atoms with E-state index in [1.165, 1.54) is 11.3 Å². The number of hydrogen-bond acceptors (Lipinski definition) is 6. The number of hydrogen-bond donors (Lipinski definition) is 1. The van der Waals surface area contributed by atoms with Crippen LogP contribution in [-0.2, 0) is 9.47 Å². The highest BCUT2D eigenvalue weighted by Crippen LogP contribution is 2.23. The monoisotopic (exact) mass is 272 g/mol. The molecule has 0 bridgehead atoms. The van der Waals surface area contributed by atoms with Crippen LogP contribution in [0, 0.1) is 6.92 Å². The SMILES string of the molecule is CCOC(=O)c1nc(NCC(C)(C)OC)sc1C. The molecule has 1 rings (SSSR count). The number of ether oxygens (including phenoxy) is 2. The number of carbonyl (C=O) groups is 1. The molecule has 1 aromatic heterocycles. The van der Waals surface area contributed by atoms with E-state index < -0.39 is 0 Å². The Hall–Kier alpha value is -1.14. The van der Waals surface area contributed by atoms with Crippen molar-refractivity contribution in [2.45, 2.75) is 33.3 Å². The average molecular weight is 272 g/mol. The van der Waals surface area contributed by atoms with Gasteiger partial charge in [0, 0.05) is 18.5 Å². The molecule has 0 amide bonds. The second kappa shape index (κ2) is 6.15. The highest BCUT2D eigenvalue weighted by atomic mass is 32.1. The van der Waals surface area contributed by atoms with Crippen molar-refractivity contribution in [2.75, 3.05) is 25.6 Å². The molecule has 5 nitrogen and oxygen atoms in total. The van der Waals surface area contributed by atoms with Crippen molar-refractivity contribution in [3.63, 3.8) is 0 Å². The van der Waals surface area contributed by atoms with Gasteiger partial charge in [-0.1, -0.05) is 0 Å². The zero-order valence-electron chi connectivity index (χ0n) is 11.5. The van der Waals surface area contributed by atoms with Crippen molar-refractivity contribution < 1.29 is 14.3 Å². The molecule has 0 atom stereocenters. The lowest BCUT2D eigenvalue weighted by molar-refractivity contribution is 0.0344. The summed E-state index contributed by atoms with van der Waals surface area (Å²) in [4.78, 5) is 16.7. The van der Waals surface area contributed by atoms with E-state index in [1.807, 2.05) is 20.8 Å². The zero-order chi connectivity index (χ0) is 13.8. The number of esters is 1. The Bertz CT molecular complexity index is 415. The lowest BCUT2D eigenvalue weighted by Gasteiger charge is -2.22. The van der Waals surface area contributed by atoms with Crippen molar-refractivity contribution in [3.05, 3.63) is 10.6 Å². The van der Waals surface area contributed by atoms with E-state index in [4.69, 9.17) is 9.47 Å². The maximum Gasteiger partial charge on any atom is 0.358 e. The molecule has 0 saturated carbocycles. The predicted molar refractivity (Wildman–Crippen MR) is 72.4 cm³/mol. The fourth-order valence-electron chi connectivity index (χ4n) is 1.22. The standard InChI is InChI=1S/C12H20N2O3S/c1-6-17-10(15)9-8(2)18-11(14-9)13-7-12(3,4)16-5/h6-7H2,1-5H3,(H,13,14). The van der Waals surface area contributed by atoms with Gasteiger partial charge in [0.2, 0.25) is 0 Å². The quantitative estimate of drug-likeness (QED) is 0.806. The van der Waals surface area contributed by atoms with Crippen molar-refractivity contribution >= 4 is 22.4 Å². The van der Waals surface area contributed by atoms with E-state index in [1.54, 1.807) is 14.0 Å². The van der Waals surface area contributed by atoms with Gasteiger partial charge in [-0.05, 0) is 27.7 Å². The Labute approximate surface area is 112 Å². The third kappa shape index (κ3) is 3.96. The Morgan fingerprint density at radius 1 is 1.50 bits per heavy atom. The molecule has 0 unspecified atom stereocenters. The number of aromatic nitrogens is 1. The number of rotatable bonds is 6. The van der Waals surface area contributed by atoms with Crippen LogP contribution in [0.5, 0.6) is 0 Å².